The molecule has 4 aromatic carbocycles. The Bertz CT molecular complexity index is 1400. The predicted octanol–water partition coefficient (Wildman–Crippen LogP) is 8.85. The standard InChI is InChI=1S/C29H22BrFO3S/c30-16-17-32-23-10-12-24(13-11-23)34-28-26-15-14-25(33-19-20-4-2-1-3-5-20)18-27(26)35-29(28)21-6-8-22(31)9-7-21/h1-15,18H,16-17,19H2. The summed E-state index contributed by atoms with van der Waals surface area (Å²) in [7, 11) is 0. The first-order chi connectivity index (χ1) is 17.2. The molecule has 0 aliphatic rings. The summed E-state index contributed by atoms with van der Waals surface area (Å²) in [5, 5.41) is 1.74. The van der Waals surface area contributed by atoms with E-state index in [0.29, 0.717) is 19.0 Å². The maximum atomic E-state index is 13.6. The van der Waals surface area contributed by atoms with Crippen LogP contribution in [0.3, 0.4) is 0 Å². The van der Waals surface area contributed by atoms with Crippen LogP contribution in [0, 0.1) is 5.82 Å². The van der Waals surface area contributed by atoms with Crippen LogP contribution < -0.4 is 14.2 Å². The van der Waals surface area contributed by atoms with Gasteiger partial charge in [-0.25, -0.2) is 4.39 Å². The zero-order chi connectivity index (χ0) is 24.0. The van der Waals surface area contributed by atoms with Crippen LogP contribution in [0.2, 0.25) is 0 Å². The summed E-state index contributed by atoms with van der Waals surface area (Å²) in [4.78, 5) is 0.930. The molecular formula is C29H22BrFO3S. The zero-order valence-electron chi connectivity index (χ0n) is 18.7. The number of ether oxygens (including phenoxy) is 3. The first-order valence-electron chi connectivity index (χ1n) is 11.2. The molecule has 0 N–H and O–H groups in total. The van der Waals surface area contributed by atoms with E-state index in [9.17, 15) is 4.39 Å². The van der Waals surface area contributed by atoms with Gasteiger partial charge in [0.1, 0.15) is 29.7 Å². The first kappa shape index (κ1) is 23.4. The molecule has 0 spiro atoms. The van der Waals surface area contributed by atoms with Crippen LogP contribution in [0.25, 0.3) is 20.5 Å². The van der Waals surface area contributed by atoms with Gasteiger partial charge in [0.05, 0.1) is 11.5 Å². The van der Waals surface area contributed by atoms with E-state index in [2.05, 4.69) is 15.9 Å². The van der Waals surface area contributed by atoms with Crippen LogP contribution in [0.5, 0.6) is 23.0 Å². The normalized spacial score (nSPS) is 10.9. The number of thiophene rings is 1. The monoisotopic (exact) mass is 548 g/mol. The number of benzene rings is 4. The van der Waals surface area contributed by atoms with Gasteiger partial charge in [0, 0.05) is 15.4 Å². The first-order valence-corrected chi connectivity index (χ1v) is 13.1. The summed E-state index contributed by atoms with van der Waals surface area (Å²) in [5.41, 5.74) is 2.00. The molecule has 0 aliphatic heterocycles. The lowest BCUT2D eigenvalue weighted by atomic mass is 10.1. The number of alkyl halides is 1. The summed E-state index contributed by atoms with van der Waals surface area (Å²) in [5.74, 6) is 2.73. The number of hydrogen-bond donors (Lipinski definition) is 0. The predicted molar refractivity (Wildman–Crippen MR) is 144 cm³/mol. The van der Waals surface area contributed by atoms with Crippen molar-refractivity contribution in [3.8, 4) is 33.4 Å². The molecule has 0 amide bonds. The Morgan fingerprint density at radius 2 is 1.46 bits per heavy atom. The third-order valence-corrected chi connectivity index (χ3v) is 6.87. The number of rotatable bonds is 9. The fraction of sp³-hybridized carbons (Fsp3) is 0.103. The third-order valence-electron chi connectivity index (χ3n) is 5.36. The van der Waals surface area contributed by atoms with Crippen molar-refractivity contribution in [2.45, 2.75) is 6.61 Å². The van der Waals surface area contributed by atoms with Crippen molar-refractivity contribution in [1.29, 1.82) is 0 Å². The van der Waals surface area contributed by atoms with Gasteiger partial charge in [-0.05, 0) is 65.7 Å². The van der Waals surface area contributed by atoms with Gasteiger partial charge in [0.2, 0.25) is 0 Å². The summed E-state index contributed by atoms with van der Waals surface area (Å²) in [6, 6.07) is 30.1. The molecular weight excluding hydrogens is 527 g/mol. The molecule has 1 aromatic heterocycles. The van der Waals surface area contributed by atoms with Crippen molar-refractivity contribution in [2.75, 3.05) is 11.9 Å². The van der Waals surface area contributed by atoms with E-state index in [4.69, 9.17) is 14.2 Å². The van der Waals surface area contributed by atoms with Crippen LogP contribution in [0.1, 0.15) is 5.56 Å². The van der Waals surface area contributed by atoms with Gasteiger partial charge in [-0.15, -0.1) is 11.3 Å². The number of halogens is 2. The SMILES string of the molecule is Fc1ccc(-c2sc3cc(OCc4ccccc4)ccc3c2Oc2ccc(OCCBr)cc2)cc1. The van der Waals surface area contributed by atoms with Gasteiger partial charge in [0.25, 0.3) is 0 Å². The summed E-state index contributed by atoms with van der Waals surface area (Å²) in [6.45, 7) is 1.09. The average molecular weight is 549 g/mol. The van der Waals surface area contributed by atoms with E-state index in [-0.39, 0.29) is 5.82 Å². The van der Waals surface area contributed by atoms with Gasteiger partial charge in [0.15, 0.2) is 5.75 Å². The Balaban J connectivity index is 1.47. The van der Waals surface area contributed by atoms with Crippen LogP contribution in [-0.2, 0) is 6.61 Å². The minimum atomic E-state index is -0.270. The summed E-state index contributed by atoms with van der Waals surface area (Å²) in [6.07, 6.45) is 0. The van der Waals surface area contributed by atoms with Crippen molar-refractivity contribution in [2.24, 2.45) is 0 Å². The lowest BCUT2D eigenvalue weighted by Crippen LogP contribution is -1.97. The van der Waals surface area contributed by atoms with Crippen molar-refractivity contribution in [1.82, 2.24) is 0 Å². The molecule has 0 saturated heterocycles. The highest BCUT2D eigenvalue weighted by molar-refractivity contribution is 9.09. The second-order valence-electron chi connectivity index (χ2n) is 7.81. The van der Waals surface area contributed by atoms with E-state index in [1.165, 1.54) is 12.1 Å². The molecule has 0 fully saturated rings. The number of fused-ring (bicyclic) bond motifs is 1. The molecule has 5 rings (SSSR count). The highest BCUT2D eigenvalue weighted by Gasteiger charge is 2.17. The van der Waals surface area contributed by atoms with Crippen molar-refractivity contribution in [3.63, 3.8) is 0 Å². The Morgan fingerprint density at radius 1 is 0.743 bits per heavy atom. The molecule has 1 heterocycles. The van der Waals surface area contributed by atoms with Crippen molar-refractivity contribution in [3.05, 3.63) is 108 Å². The van der Waals surface area contributed by atoms with Crippen molar-refractivity contribution >= 4 is 37.4 Å². The minimum Gasteiger partial charge on any atom is -0.493 e. The Morgan fingerprint density at radius 3 is 2.20 bits per heavy atom. The molecule has 3 nitrogen and oxygen atoms in total. The molecule has 5 aromatic rings. The van der Waals surface area contributed by atoms with E-state index in [0.717, 1.165) is 48.7 Å². The van der Waals surface area contributed by atoms with E-state index < -0.39 is 0 Å². The van der Waals surface area contributed by atoms with Crippen LogP contribution in [-0.4, -0.2) is 11.9 Å². The molecule has 0 radical (unpaired) electrons. The molecule has 0 saturated carbocycles. The molecule has 0 bridgehead atoms. The Labute approximate surface area is 215 Å². The maximum Gasteiger partial charge on any atom is 0.153 e. The average Bonchev–Trinajstić information content (AvgIpc) is 3.25. The second-order valence-corrected chi connectivity index (χ2v) is 9.66. The quantitative estimate of drug-likeness (QED) is 0.172. The topological polar surface area (TPSA) is 27.7 Å². The van der Waals surface area contributed by atoms with Crippen LogP contribution >= 0.6 is 27.3 Å². The third kappa shape index (κ3) is 5.66. The van der Waals surface area contributed by atoms with Crippen LogP contribution in [0.4, 0.5) is 4.39 Å². The maximum absolute atomic E-state index is 13.6. The molecule has 35 heavy (non-hydrogen) atoms. The Kier molecular flexibility index (Phi) is 7.31. The molecule has 176 valence electrons. The summed E-state index contributed by atoms with van der Waals surface area (Å²) < 4.78 is 32.7. The minimum absolute atomic E-state index is 0.270. The molecule has 0 aliphatic carbocycles. The van der Waals surface area contributed by atoms with Crippen LogP contribution in [0.15, 0.2) is 97.1 Å². The smallest absolute Gasteiger partial charge is 0.153 e. The fourth-order valence-corrected chi connectivity index (χ4v) is 4.98. The fourth-order valence-electron chi connectivity index (χ4n) is 3.65. The van der Waals surface area contributed by atoms with Crippen molar-refractivity contribution < 1.29 is 18.6 Å². The molecule has 0 atom stereocenters. The Hall–Kier alpha value is -3.35. The van der Waals surface area contributed by atoms with Gasteiger partial charge < -0.3 is 14.2 Å². The van der Waals surface area contributed by atoms with E-state index in [1.54, 1.807) is 23.5 Å². The van der Waals surface area contributed by atoms with Gasteiger partial charge >= 0.3 is 0 Å². The number of hydrogen-bond acceptors (Lipinski definition) is 4. The second kappa shape index (κ2) is 10.9. The summed E-state index contributed by atoms with van der Waals surface area (Å²) >= 11 is 4.96. The lowest BCUT2D eigenvalue weighted by molar-refractivity contribution is 0.306. The van der Waals surface area contributed by atoms with E-state index >= 15 is 0 Å². The lowest BCUT2D eigenvalue weighted by Gasteiger charge is -2.10. The largest absolute Gasteiger partial charge is 0.493 e. The highest BCUT2D eigenvalue weighted by atomic mass is 79.9. The zero-order valence-corrected chi connectivity index (χ0v) is 21.2. The van der Waals surface area contributed by atoms with Gasteiger partial charge in [-0.2, -0.15) is 0 Å². The highest BCUT2D eigenvalue weighted by Crippen LogP contribution is 2.47. The van der Waals surface area contributed by atoms with Gasteiger partial charge in [-0.3, -0.25) is 0 Å². The molecule has 0 unspecified atom stereocenters. The molecule has 6 heteroatoms. The van der Waals surface area contributed by atoms with Gasteiger partial charge in [-0.1, -0.05) is 58.4 Å². The van der Waals surface area contributed by atoms with E-state index in [1.807, 2.05) is 72.8 Å².